The summed E-state index contributed by atoms with van der Waals surface area (Å²) in [7, 11) is -3.39. The molecule has 0 amide bonds. The van der Waals surface area contributed by atoms with Crippen LogP contribution >= 0.6 is 11.8 Å². The molecule has 20 heavy (non-hydrogen) atoms. The van der Waals surface area contributed by atoms with Gasteiger partial charge in [-0.25, -0.2) is 13.1 Å². The number of rotatable bonds is 3. The first-order valence-corrected chi connectivity index (χ1v) is 8.81. The van der Waals surface area contributed by atoms with Gasteiger partial charge in [-0.1, -0.05) is 0 Å². The van der Waals surface area contributed by atoms with E-state index in [1.165, 1.54) is 0 Å². The third-order valence-corrected chi connectivity index (χ3v) is 6.56. The normalized spacial score (nSPS) is 20.4. The van der Waals surface area contributed by atoms with Gasteiger partial charge in [-0.05, 0) is 37.3 Å². The zero-order valence-corrected chi connectivity index (χ0v) is 12.6. The average molecular weight is 309 g/mol. The molecule has 1 fully saturated rings. The molecule has 3 rings (SSSR count). The maximum Gasteiger partial charge on any atom is 0.244 e. The van der Waals surface area contributed by atoms with E-state index in [-0.39, 0.29) is 5.37 Å². The van der Waals surface area contributed by atoms with E-state index in [9.17, 15) is 8.42 Å². The minimum Gasteiger partial charge on any atom is -0.241 e. The summed E-state index contributed by atoms with van der Waals surface area (Å²) in [5.41, 5.74) is 0.845. The van der Waals surface area contributed by atoms with Crippen LogP contribution in [-0.2, 0) is 10.0 Å². The second-order valence-corrected chi connectivity index (χ2v) is 7.84. The monoisotopic (exact) mass is 309 g/mol. The predicted octanol–water partition coefficient (Wildman–Crippen LogP) is 1.96. The number of hydrogen-bond acceptors (Lipinski definition) is 4. The highest BCUT2D eigenvalue weighted by Gasteiger charge is 2.32. The maximum absolute atomic E-state index is 12.5. The summed E-state index contributed by atoms with van der Waals surface area (Å²) in [6.07, 6.45) is 3.51. The number of hydrogen-bond donors (Lipinski definition) is 0. The fraction of sp³-hybridized carbons (Fsp3) is 0.308. The molecule has 2 heterocycles. The molecule has 1 aromatic carbocycles. The molecule has 1 aliphatic heterocycles. The summed E-state index contributed by atoms with van der Waals surface area (Å²) >= 11 is 1.66. The summed E-state index contributed by atoms with van der Waals surface area (Å²) in [6, 6.07) is 8.65. The molecule has 0 N–H and O–H groups in total. The van der Waals surface area contributed by atoms with Crippen molar-refractivity contribution in [2.45, 2.75) is 17.2 Å². The average Bonchev–Trinajstić information content (AvgIpc) is 3.10. The van der Waals surface area contributed by atoms with Gasteiger partial charge in [0.15, 0.2) is 0 Å². The third kappa shape index (κ3) is 2.36. The van der Waals surface area contributed by atoms with E-state index < -0.39 is 10.0 Å². The van der Waals surface area contributed by atoms with E-state index >= 15 is 0 Å². The molecule has 1 atom stereocenters. The lowest BCUT2D eigenvalue weighted by atomic mass is 10.3. The molecular weight excluding hydrogens is 294 g/mol. The van der Waals surface area contributed by atoms with E-state index in [0.717, 1.165) is 11.4 Å². The second kappa shape index (κ2) is 5.23. The van der Waals surface area contributed by atoms with Crippen LogP contribution in [-0.4, -0.2) is 40.2 Å². The van der Waals surface area contributed by atoms with Gasteiger partial charge in [0.1, 0.15) is 0 Å². The van der Waals surface area contributed by atoms with Gasteiger partial charge in [0, 0.05) is 24.7 Å². The van der Waals surface area contributed by atoms with Crippen molar-refractivity contribution in [3.63, 3.8) is 0 Å². The second-order valence-electron chi connectivity index (χ2n) is 4.53. The van der Waals surface area contributed by atoms with E-state index in [1.807, 2.05) is 19.2 Å². The largest absolute Gasteiger partial charge is 0.244 e. The number of sulfonamides is 1. The molecule has 2 aromatic rings. The van der Waals surface area contributed by atoms with Crippen molar-refractivity contribution < 1.29 is 8.42 Å². The first-order valence-electron chi connectivity index (χ1n) is 6.32. The quantitative estimate of drug-likeness (QED) is 0.869. The smallest absolute Gasteiger partial charge is 0.241 e. The summed E-state index contributed by atoms with van der Waals surface area (Å²) in [5.74, 6) is 0.853. The van der Waals surface area contributed by atoms with Gasteiger partial charge in [-0.2, -0.15) is 9.40 Å². The Morgan fingerprint density at radius 2 is 2.05 bits per heavy atom. The molecular formula is C13H15N3O2S2. The Hall–Kier alpha value is -1.31. The van der Waals surface area contributed by atoms with E-state index in [0.29, 0.717) is 11.4 Å². The first-order chi connectivity index (χ1) is 9.59. The van der Waals surface area contributed by atoms with Crippen molar-refractivity contribution >= 4 is 21.8 Å². The fourth-order valence-corrected chi connectivity index (χ4v) is 5.25. The molecule has 1 saturated heterocycles. The van der Waals surface area contributed by atoms with Gasteiger partial charge >= 0.3 is 0 Å². The zero-order valence-electron chi connectivity index (χ0n) is 11.0. The van der Waals surface area contributed by atoms with E-state index in [2.05, 4.69) is 5.10 Å². The van der Waals surface area contributed by atoms with Crippen molar-refractivity contribution in [1.29, 1.82) is 0 Å². The Bertz CT molecular complexity index is 681. The molecule has 5 nitrogen and oxygen atoms in total. The van der Waals surface area contributed by atoms with Crippen LogP contribution in [0, 0.1) is 0 Å². The minimum atomic E-state index is -3.39. The highest BCUT2D eigenvalue weighted by atomic mass is 32.2. The van der Waals surface area contributed by atoms with Crippen molar-refractivity contribution in [1.82, 2.24) is 14.1 Å². The number of nitrogens with zero attached hydrogens (tertiary/aromatic N) is 3. The van der Waals surface area contributed by atoms with Gasteiger partial charge < -0.3 is 0 Å². The molecule has 7 heteroatoms. The lowest BCUT2D eigenvalue weighted by Gasteiger charge is -2.20. The molecule has 0 bridgehead atoms. The van der Waals surface area contributed by atoms with Gasteiger partial charge in [0.05, 0.1) is 16.0 Å². The number of benzene rings is 1. The van der Waals surface area contributed by atoms with Crippen LogP contribution in [0.5, 0.6) is 0 Å². The van der Waals surface area contributed by atoms with Crippen molar-refractivity contribution in [2.24, 2.45) is 0 Å². The summed E-state index contributed by atoms with van der Waals surface area (Å²) in [4.78, 5) is 0.336. The standard InChI is InChI=1S/C13H15N3O2S2/c1-11-16(9-10-19-11)20(17,18)13-5-3-12(4-6-13)15-8-2-7-14-15/h2-8,11H,9-10H2,1H3. The third-order valence-electron chi connectivity index (χ3n) is 3.29. The van der Waals surface area contributed by atoms with Gasteiger partial charge in [0.25, 0.3) is 0 Å². The van der Waals surface area contributed by atoms with Gasteiger partial charge in [0.2, 0.25) is 10.0 Å². The van der Waals surface area contributed by atoms with Gasteiger partial charge in [-0.3, -0.25) is 0 Å². The lowest BCUT2D eigenvalue weighted by molar-refractivity contribution is 0.442. The first kappa shape index (κ1) is 13.7. The van der Waals surface area contributed by atoms with Crippen molar-refractivity contribution in [2.75, 3.05) is 12.3 Å². The van der Waals surface area contributed by atoms with Crippen LogP contribution in [0.15, 0.2) is 47.6 Å². The van der Waals surface area contributed by atoms with Crippen LogP contribution in [0.25, 0.3) is 5.69 Å². The number of thioether (sulfide) groups is 1. The highest BCUT2D eigenvalue weighted by Crippen LogP contribution is 2.29. The Morgan fingerprint density at radius 1 is 1.30 bits per heavy atom. The molecule has 0 radical (unpaired) electrons. The molecule has 1 unspecified atom stereocenters. The number of aromatic nitrogens is 2. The van der Waals surface area contributed by atoms with Crippen molar-refractivity contribution in [3.05, 3.63) is 42.7 Å². The summed E-state index contributed by atoms with van der Waals surface area (Å²) < 4.78 is 28.3. The Morgan fingerprint density at radius 3 is 2.60 bits per heavy atom. The zero-order chi connectivity index (χ0) is 14.2. The molecule has 1 aliphatic rings. The maximum atomic E-state index is 12.5. The van der Waals surface area contributed by atoms with Crippen LogP contribution in [0.3, 0.4) is 0 Å². The SMILES string of the molecule is CC1SCCN1S(=O)(=O)c1ccc(-n2cccn2)cc1. The van der Waals surface area contributed by atoms with Crippen LogP contribution in [0.1, 0.15) is 6.92 Å². The molecule has 1 aromatic heterocycles. The van der Waals surface area contributed by atoms with E-state index in [4.69, 9.17) is 0 Å². The highest BCUT2D eigenvalue weighted by molar-refractivity contribution is 8.01. The molecule has 0 aliphatic carbocycles. The van der Waals surface area contributed by atoms with Crippen LogP contribution < -0.4 is 0 Å². The van der Waals surface area contributed by atoms with E-state index in [1.54, 1.807) is 51.2 Å². The summed E-state index contributed by atoms with van der Waals surface area (Å²) in [6.45, 7) is 2.50. The Balaban J connectivity index is 1.91. The van der Waals surface area contributed by atoms with Crippen LogP contribution in [0.2, 0.25) is 0 Å². The molecule has 0 saturated carbocycles. The fourth-order valence-electron chi connectivity index (χ4n) is 2.22. The molecule has 106 valence electrons. The predicted molar refractivity (Wildman–Crippen MR) is 79.4 cm³/mol. The Labute approximate surface area is 122 Å². The lowest BCUT2D eigenvalue weighted by Crippen LogP contribution is -2.33. The summed E-state index contributed by atoms with van der Waals surface area (Å²) in [5, 5.41) is 4.13. The van der Waals surface area contributed by atoms with Crippen molar-refractivity contribution in [3.8, 4) is 5.69 Å². The minimum absolute atomic E-state index is 0.00536. The Kier molecular flexibility index (Phi) is 3.57. The molecule has 0 spiro atoms. The van der Waals surface area contributed by atoms with Gasteiger partial charge in [-0.15, -0.1) is 11.8 Å². The van der Waals surface area contributed by atoms with Crippen LogP contribution in [0.4, 0.5) is 0 Å². The topological polar surface area (TPSA) is 55.2 Å².